The quantitative estimate of drug-likeness (QED) is 0.0644. The standard InChI is InChI=1S/C17H15ClFN3.C17H16ClN3.C14H15ClFN3.C14H16ClN3.2C12H13ClFN3.2C12H14ClN3/c1-11(2)16-15(9-8-13(18)17(16)19)22-10-14(20-21-22)12-6-4-3-5-7-12;1-12(2)15-10-14(18)8-9-17(15)21-11-16(19-20-21)13-6-4-3-5-7-13;1-8(2)13-12(6-5-10(15)14(13)16)19-7-11(17-18-19)9-3-4-9;1-9(2)12-7-11(15)5-6-14(12)18-8-13(16-17-18)10-3-4-10;2*1-7(2)11-10(5-4-9(13)12(11)14)17-6-8(3)15-16-17;2*1-8(2)11-6-10(13)4-5-12(11)16-7-9(3)14-15-16/h3-11H,1-2H3;3-12H,1-2H3;5-9H,3-4H2,1-2H3;5-10H,3-4H2,1-2H3;2*4-7H,1-3H3;2*4-8H,1-3H3. The Labute approximate surface area is 888 Å². The van der Waals surface area contributed by atoms with Gasteiger partial charge in [0, 0.05) is 65.3 Å². The summed E-state index contributed by atoms with van der Waals surface area (Å²) in [4.78, 5) is 0. The van der Waals surface area contributed by atoms with E-state index in [4.69, 9.17) is 92.8 Å². The first-order valence-corrected chi connectivity index (χ1v) is 51.1. The Balaban J connectivity index is 0.000000140. The molecule has 24 nitrogen and oxygen atoms in total. The number of rotatable bonds is 20. The molecule has 2 aliphatic carbocycles. The molecule has 2 fully saturated rings. The highest BCUT2D eigenvalue weighted by Gasteiger charge is 2.30. The number of hydrogen-bond donors (Lipinski definition) is 0. The molecule has 146 heavy (non-hydrogen) atoms. The molecule has 0 spiro atoms. The van der Waals surface area contributed by atoms with Crippen molar-refractivity contribution in [1.29, 1.82) is 0 Å². The summed E-state index contributed by atoms with van der Waals surface area (Å²) in [5, 5.41) is 69.0. The molecule has 0 saturated heterocycles. The summed E-state index contributed by atoms with van der Waals surface area (Å²) in [6.07, 6.45) is 19.9. The van der Waals surface area contributed by atoms with E-state index in [9.17, 15) is 17.6 Å². The first kappa shape index (κ1) is 111. The van der Waals surface area contributed by atoms with Gasteiger partial charge < -0.3 is 0 Å². The smallest absolute Gasteiger partial charge is 0.147 e. The van der Waals surface area contributed by atoms with Crippen molar-refractivity contribution >= 4 is 92.8 Å². The first-order chi connectivity index (χ1) is 69.6. The van der Waals surface area contributed by atoms with Crippen molar-refractivity contribution in [1.82, 2.24) is 120 Å². The minimum Gasteiger partial charge on any atom is -0.220 e. The van der Waals surface area contributed by atoms with Gasteiger partial charge in [0.1, 0.15) is 34.7 Å². The van der Waals surface area contributed by atoms with Crippen LogP contribution in [0.2, 0.25) is 40.2 Å². The molecule has 0 unspecified atom stereocenters. The lowest BCUT2D eigenvalue weighted by Crippen LogP contribution is -2.05. The van der Waals surface area contributed by atoms with Crippen LogP contribution in [0.1, 0.15) is 274 Å². The van der Waals surface area contributed by atoms with Crippen LogP contribution in [0.5, 0.6) is 0 Å². The molecule has 8 heterocycles. The molecule has 0 radical (unpaired) electrons. The number of benzene rings is 10. The Hall–Kier alpha value is -12.6. The van der Waals surface area contributed by atoms with Crippen LogP contribution in [0, 0.1) is 51.0 Å². The predicted molar refractivity (Wildman–Crippen MR) is 577 cm³/mol. The highest BCUT2D eigenvalue weighted by molar-refractivity contribution is 6.33. The molecule has 0 bridgehead atoms. The molecular weight excluding hydrogens is 2020 g/mol. The maximum absolute atomic E-state index is 14.3. The maximum atomic E-state index is 14.3. The Kier molecular flexibility index (Phi) is 38.0. The molecule has 8 aromatic heterocycles. The third-order valence-electron chi connectivity index (χ3n) is 23.7. The molecule has 0 atom stereocenters. The Bertz CT molecular complexity index is 7240. The molecule has 760 valence electrons. The average Bonchev–Trinajstić information content (AvgIpc) is 1.55. The Morgan fingerprint density at radius 1 is 0.233 bits per heavy atom. The summed E-state index contributed by atoms with van der Waals surface area (Å²) in [7, 11) is 0. The van der Waals surface area contributed by atoms with Crippen molar-refractivity contribution in [3.63, 3.8) is 0 Å². The van der Waals surface area contributed by atoms with Crippen molar-refractivity contribution in [2.24, 2.45) is 0 Å². The third kappa shape index (κ3) is 28.2. The number of hydrogen-bond acceptors (Lipinski definition) is 16. The molecule has 0 aliphatic heterocycles. The summed E-state index contributed by atoms with van der Waals surface area (Å²) < 4.78 is 70.2. The summed E-state index contributed by atoms with van der Waals surface area (Å²) in [6, 6.07) is 56.5. The molecule has 0 amide bonds. The molecular formula is C110H116Cl8F4N24. The van der Waals surface area contributed by atoms with Crippen LogP contribution in [-0.2, 0) is 0 Å². The maximum Gasteiger partial charge on any atom is 0.147 e. The average molecular weight is 2130 g/mol. The van der Waals surface area contributed by atoms with Gasteiger partial charge in [-0.25, -0.2) is 55.0 Å². The van der Waals surface area contributed by atoms with Gasteiger partial charge in [-0.05, 0) is 244 Å². The van der Waals surface area contributed by atoms with Crippen LogP contribution in [0.3, 0.4) is 0 Å². The topological polar surface area (TPSA) is 246 Å². The Morgan fingerprint density at radius 2 is 0.438 bits per heavy atom. The Morgan fingerprint density at radius 3 is 0.664 bits per heavy atom. The second kappa shape index (κ2) is 50.2. The van der Waals surface area contributed by atoms with Gasteiger partial charge in [-0.3, -0.25) is 0 Å². The van der Waals surface area contributed by atoms with Crippen LogP contribution in [0.25, 0.3) is 68.0 Å². The zero-order valence-electron chi connectivity index (χ0n) is 84.8. The lowest BCUT2D eigenvalue weighted by atomic mass is 10.0. The van der Waals surface area contributed by atoms with Crippen LogP contribution in [0.15, 0.2) is 232 Å². The van der Waals surface area contributed by atoms with Gasteiger partial charge in [-0.1, -0.05) is 306 Å². The van der Waals surface area contributed by atoms with E-state index < -0.39 is 5.82 Å². The predicted octanol–water partition coefficient (Wildman–Crippen LogP) is 31.2. The SMILES string of the molecule is CC(C)c1c(-n2cc(-c3ccccc3)nn2)ccc(Cl)c1F.CC(C)c1c(-n2cc(C3CC3)nn2)ccc(Cl)c1F.CC(C)c1cc(Cl)ccc1-n1cc(-c2ccccc2)nn1.CC(C)c1cc(Cl)ccc1-n1cc(C2CC2)nn1.Cc1cn(-c2ccc(Cl)c(F)c2C(C)C)nn1.Cc1cn(-c2ccc(Cl)c(F)c2C(C)C)nn1.Cc1cn(-c2ccc(Cl)cc2C(C)C)nn1.Cc1cn(-c2ccc(Cl)cc2C(C)C)nn1. The van der Waals surface area contributed by atoms with Gasteiger partial charge in [0.2, 0.25) is 0 Å². The molecule has 2 aliphatic rings. The zero-order chi connectivity index (χ0) is 105. The monoisotopic (exact) mass is 2130 g/mol. The summed E-state index contributed by atoms with van der Waals surface area (Å²) in [5.74, 6) is 1.28. The van der Waals surface area contributed by atoms with E-state index in [0.29, 0.717) is 74.8 Å². The minimum atomic E-state index is -0.397. The van der Waals surface area contributed by atoms with Crippen LogP contribution in [0.4, 0.5) is 17.6 Å². The van der Waals surface area contributed by atoms with Crippen molar-refractivity contribution < 1.29 is 17.6 Å². The zero-order valence-corrected chi connectivity index (χ0v) is 90.9. The van der Waals surface area contributed by atoms with E-state index in [0.717, 1.165) is 111 Å². The molecule has 20 rings (SSSR count). The van der Waals surface area contributed by atoms with Crippen molar-refractivity contribution in [2.45, 2.75) is 223 Å². The normalized spacial score (nSPS) is 12.2. The second-order valence-electron chi connectivity index (χ2n) is 38.0. The van der Waals surface area contributed by atoms with Crippen molar-refractivity contribution in [3.05, 3.63) is 374 Å². The van der Waals surface area contributed by atoms with E-state index >= 15 is 0 Å². The van der Waals surface area contributed by atoms with Crippen LogP contribution >= 0.6 is 92.8 Å². The number of halogens is 12. The highest BCUT2D eigenvalue weighted by Crippen LogP contribution is 2.43. The lowest BCUT2D eigenvalue weighted by Gasteiger charge is -2.14. The second-order valence-corrected chi connectivity index (χ2v) is 41.4. The van der Waals surface area contributed by atoms with E-state index in [1.807, 2.05) is 257 Å². The fourth-order valence-electron chi connectivity index (χ4n) is 16.0. The van der Waals surface area contributed by atoms with Gasteiger partial charge in [0.15, 0.2) is 0 Å². The molecule has 10 aromatic carbocycles. The molecule has 2 saturated carbocycles. The van der Waals surface area contributed by atoms with Crippen LogP contribution < -0.4 is 0 Å². The van der Waals surface area contributed by atoms with Crippen molar-refractivity contribution in [2.75, 3.05) is 0 Å². The number of aryl methyl sites for hydroxylation is 4. The molecule has 0 N–H and O–H groups in total. The minimum absolute atomic E-state index is 0.0157. The lowest BCUT2D eigenvalue weighted by molar-refractivity contribution is 0.593. The van der Waals surface area contributed by atoms with E-state index in [1.54, 1.807) is 83.1 Å². The van der Waals surface area contributed by atoms with E-state index in [-0.39, 0.29) is 61.2 Å². The van der Waals surface area contributed by atoms with Crippen molar-refractivity contribution in [3.8, 4) is 68.0 Å². The van der Waals surface area contributed by atoms with Gasteiger partial charge >= 0.3 is 0 Å². The van der Waals surface area contributed by atoms with Gasteiger partial charge in [0.05, 0.1) is 149 Å². The van der Waals surface area contributed by atoms with Gasteiger partial charge in [0.25, 0.3) is 0 Å². The molecule has 18 aromatic rings. The summed E-state index contributed by atoms with van der Waals surface area (Å²) in [6.45, 7) is 40.1. The largest absolute Gasteiger partial charge is 0.220 e. The van der Waals surface area contributed by atoms with E-state index in [1.165, 1.54) is 54.5 Å². The van der Waals surface area contributed by atoms with Crippen LogP contribution in [-0.4, -0.2) is 120 Å². The van der Waals surface area contributed by atoms with Gasteiger partial charge in [-0.15, -0.1) is 40.8 Å². The fraction of sp³-hybridized carbons (Fsp3) is 0.309. The molecule has 36 heteroatoms. The number of nitrogens with zero attached hydrogens (tertiary/aromatic N) is 24. The third-order valence-corrected chi connectivity index (χ3v) is 25.8. The fourth-order valence-corrected chi connectivity index (χ4v) is 17.4. The highest BCUT2D eigenvalue weighted by atomic mass is 35.5. The van der Waals surface area contributed by atoms with Gasteiger partial charge in [-0.2, -0.15) is 0 Å². The first-order valence-electron chi connectivity index (χ1n) is 48.1. The summed E-state index contributed by atoms with van der Waals surface area (Å²) >= 11 is 47.6. The summed E-state index contributed by atoms with van der Waals surface area (Å²) in [5.41, 5.74) is 23.0. The number of aromatic nitrogens is 24. The van der Waals surface area contributed by atoms with E-state index in [2.05, 4.69) is 138 Å².